The van der Waals surface area contributed by atoms with Crippen LogP contribution in [0.4, 0.5) is 0 Å². The van der Waals surface area contributed by atoms with E-state index in [9.17, 15) is 0 Å². The van der Waals surface area contributed by atoms with Crippen molar-refractivity contribution >= 4 is 0 Å². The van der Waals surface area contributed by atoms with Gasteiger partial charge in [-0.2, -0.15) is 0 Å². The highest BCUT2D eigenvalue weighted by Crippen LogP contribution is 2.42. The fourth-order valence-corrected chi connectivity index (χ4v) is 5.39. The predicted octanol–water partition coefficient (Wildman–Crippen LogP) is 3.52. The highest BCUT2D eigenvalue weighted by Gasteiger charge is 2.60. The van der Waals surface area contributed by atoms with Gasteiger partial charge in [-0.25, -0.2) is 0 Å². The number of fused-ring (bicyclic) bond motifs is 2. The van der Waals surface area contributed by atoms with Gasteiger partial charge in [-0.15, -0.1) is 0 Å². The summed E-state index contributed by atoms with van der Waals surface area (Å²) >= 11 is 0. The van der Waals surface area contributed by atoms with Crippen LogP contribution in [0.1, 0.15) is 25.0 Å². The molecule has 0 bridgehead atoms. The van der Waals surface area contributed by atoms with Crippen LogP contribution in [-0.2, 0) is 55.8 Å². The van der Waals surface area contributed by atoms with Gasteiger partial charge >= 0.3 is 0 Å². The van der Waals surface area contributed by atoms with Crippen molar-refractivity contribution in [3.05, 3.63) is 71.8 Å². The van der Waals surface area contributed by atoms with Gasteiger partial charge in [0.2, 0.25) is 0 Å². The summed E-state index contributed by atoms with van der Waals surface area (Å²) in [6, 6.07) is 20.2. The highest BCUT2D eigenvalue weighted by atomic mass is 16.8. The molecule has 5 rings (SSSR count). The Balaban J connectivity index is 1.42. The maximum Gasteiger partial charge on any atom is 0.164 e. The Bertz CT molecular complexity index is 911. The van der Waals surface area contributed by atoms with Crippen LogP contribution in [0.15, 0.2) is 60.7 Å². The molecule has 3 fully saturated rings. The van der Waals surface area contributed by atoms with E-state index in [0.29, 0.717) is 66.1 Å². The van der Waals surface area contributed by atoms with Gasteiger partial charge in [0.15, 0.2) is 5.79 Å². The number of ether oxygens (including phenoxy) is 9. The summed E-state index contributed by atoms with van der Waals surface area (Å²) < 4.78 is 56.2. The third-order valence-corrected chi connectivity index (χ3v) is 7.17. The van der Waals surface area contributed by atoms with Gasteiger partial charge < -0.3 is 42.6 Å². The Morgan fingerprint density at radius 2 is 0.925 bits per heavy atom. The van der Waals surface area contributed by atoms with Crippen molar-refractivity contribution in [2.75, 3.05) is 52.9 Å². The smallest absolute Gasteiger partial charge is 0.164 e. The zero-order chi connectivity index (χ0) is 27.6. The maximum absolute atomic E-state index is 6.59. The molecule has 2 heterocycles. The third kappa shape index (κ3) is 8.09. The van der Waals surface area contributed by atoms with Crippen LogP contribution in [0.3, 0.4) is 0 Å². The van der Waals surface area contributed by atoms with E-state index in [-0.39, 0.29) is 0 Å². The molecule has 1 saturated carbocycles. The molecule has 2 aliphatic heterocycles. The predicted molar refractivity (Wildman–Crippen MR) is 146 cm³/mol. The Hall–Kier alpha value is -1.92. The van der Waals surface area contributed by atoms with Gasteiger partial charge in [0.05, 0.1) is 66.1 Å². The van der Waals surface area contributed by atoms with E-state index in [0.717, 1.165) is 11.1 Å². The van der Waals surface area contributed by atoms with Gasteiger partial charge in [-0.05, 0) is 25.0 Å². The lowest BCUT2D eigenvalue weighted by molar-refractivity contribution is -0.250. The summed E-state index contributed by atoms with van der Waals surface area (Å²) in [5.41, 5.74) is 2.12. The highest BCUT2D eigenvalue weighted by molar-refractivity contribution is 5.15. The number of benzene rings is 2. The quantitative estimate of drug-likeness (QED) is 0.529. The zero-order valence-electron chi connectivity index (χ0n) is 23.5. The molecule has 0 amide bonds. The lowest BCUT2D eigenvalue weighted by Crippen LogP contribution is -2.65. The molecule has 0 unspecified atom stereocenters. The molecule has 0 aromatic heterocycles. The minimum atomic E-state index is -0.819. The summed E-state index contributed by atoms with van der Waals surface area (Å²) in [6.45, 7) is 8.18. The van der Waals surface area contributed by atoms with E-state index in [4.69, 9.17) is 42.6 Å². The van der Waals surface area contributed by atoms with E-state index in [1.165, 1.54) is 0 Å². The summed E-state index contributed by atoms with van der Waals surface area (Å²) in [7, 11) is 0. The van der Waals surface area contributed by atoms with E-state index in [2.05, 4.69) is 0 Å². The Morgan fingerprint density at radius 1 is 0.550 bits per heavy atom. The molecule has 40 heavy (non-hydrogen) atoms. The second-order valence-corrected chi connectivity index (χ2v) is 10.6. The monoisotopic (exact) mass is 558 g/mol. The van der Waals surface area contributed by atoms with Crippen molar-refractivity contribution in [2.45, 2.75) is 69.5 Å². The summed E-state index contributed by atoms with van der Waals surface area (Å²) in [5, 5.41) is 0. The van der Waals surface area contributed by atoms with Crippen molar-refractivity contribution in [3.63, 3.8) is 0 Å². The van der Waals surface area contributed by atoms with Crippen LogP contribution in [0.2, 0.25) is 0 Å². The van der Waals surface area contributed by atoms with Gasteiger partial charge in [-0.3, -0.25) is 0 Å². The molecule has 9 heteroatoms. The van der Waals surface area contributed by atoms with Crippen LogP contribution < -0.4 is 0 Å². The molecule has 3 aliphatic rings. The molecule has 6 atom stereocenters. The first-order valence-electron chi connectivity index (χ1n) is 14.2. The van der Waals surface area contributed by atoms with Crippen molar-refractivity contribution in [1.82, 2.24) is 0 Å². The number of hydrogen-bond acceptors (Lipinski definition) is 9. The normalized spacial score (nSPS) is 31.9. The van der Waals surface area contributed by atoms with Crippen molar-refractivity contribution in [1.29, 1.82) is 0 Å². The Kier molecular flexibility index (Phi) is 11.0. The lowest BCUT2D eigenvalue weighted by Gasteiger charge is -2.46. The molecule has 0 radical (unpaired) electrons. The lowest BCUT2D eigenvalue weighted by atomic mass is 9.84. The molecule has 2 saturated heterocycles. The molecule has 2 aromatic carbocycles. The second kappa shape index (κ2) is 14.8. The Morgan fingerprint density at radius 3 is 1.32 bits per heavy atom. The van der Waals surface area contributed by atoms with E-state index >= 15 is 0 Å². The molecular formula is C31H42O9. The zero-order valence-corrected chi connectivity index (χ0v) is 23.5. The van der Waals surface area contributed by atoms with Gasteiger partial charge in [-0.1, -0.05) is 60.7 Å². The van der Waals surface area contributed by atoms with Crippen LogP contribution in [0, 0.1) is 0 Å². The number of hydrogen-bond donors (Lipinski definition) is 0. The Labute approximate surface area is 236 Å². The first-order valence-corrected chi connectivity index (χ1v) is 14.2. The van der Waals surface area contributed by atoms with E-state index in [1.54, 1.807) is 0 Å². The van der Waals surface area contributed by atoms with Gasteiger partial charge in [0, 0.05) is 0 Å². The van der Waals surface area contributed by atoms with Crippen molar-refractivity contribution in [3.8, 4) is 0 Å². The van der Waals surface area contributed by atoms with Crippen LogP contribution in [0.25, 0.3) is 0 Å². The fraction of sp³-hybridized carbons (Fsp3) is 0.613. The van der Waals surface area contributed by atoms with Crippen molar-refractivity contribution < 1.29 is 42.6 Å². The fourth-order valence-electron chi connectivity index (χ4n) is 5.39. The third-order valence-electron chi connectivity index (χ3n) is 7.17. The minimum Gasteiger partial charge on any atom is -0.377 e. The summed E-state index contributed by atoms with van der Waals surface area (Å²) in [6.07, 6.45) is -2.75. The molecule has 0 N–H and O–H groups in total. The van der Waals surface area contributed by atoms with E-state index < -0.39 is 42.4 Å². The average Bonchev–Trinajstić information content (AvgIpc) is 3.28. The van der Waals surface area contributed by atoms with Crippen molar-refractivity contribution in [2.24, 2.45) is 0 Å². The number of rotatable bonds is 6. The average molecular weight is 559 g/mol. The van der Waals surface area contributed by atoms with Crippen LogP contribution >= 0.6 is 0 Å². The van der Waals surface area contributed by atoms with E-state index in [1.807, 2.05) is 74.5 Å². The topological polar surface area (TPSA) is 83.1 Å². The summed E-state index contributed by atoms with van der Waals surface area (Å²) in [5.74, 6) is -0.819. The molecule has 0 spiro atoms. The summed E-state index contributed by atoms with van der Waals surface area (Å²) in [4.78, 5) is 0. The largest absolute Gasteiger partial charge is 0.377 e. The van der Waals surface area contributed by atoms with Gasteiger partial charge in [0.1, 0.15) is 36.6 Å². The molecule has 1 aliphatic carbocycles. The first-order chi connectivity index (χ1) is 19.6. The molecular weight excluding hydrogens is 516 g/mol. The first kappa shape index (κ1) is 29.6. The van der Waals surface area contributed by atoms with Crippen LogP contribution in [0.5, 0.6) is 0 Å². The minimum absolute atomic E-state index is 0.360. The molecule has 9 nitrogen and oxygen atoms in total. The standard InChI is InChI=1S/C31H42O9/c1-31(2)39-29-27(37-21-23-9-5-3-6-10-23)25-26(28(30(29)40-31)38-22-24-11-7-4-8-12-24)36-20-18-34-16-14-32-13-15-33-17-19-35-25/h3-12,25-30H,13-22H2,1-2H3/t25-,26-,27+,28+,29-,30+/m1/s1. The van der Waals surface area contributed by atoms with Crippen LogP contribution in [-0.4, -0.2) is 95.3 Å². The second-order valence-electron chi connectivity index (χ2n) is 10.6. The molecule has 2 aromatic rings. The maximum atomic E-state index is 6.59. The van der Waals surface area contributed by atoms with Gasteiger partial charge in [0.25, 0.3) is 0 Å². The SMILES string of the molecule is CC1(C)O[C@@H]2[C@@H](OCc3ccccc3)[C@@H]3OCCOCCOCCOCCO[C@H]3[C@H](OCc3ccccc3)[C@@H]2O1. The molecule has 220 valence electrons.